The average Bonchev–Trinajstić information content (AvgIpc) is 2.18. The highest BCUT2D eigenvalue weighted by molar-refractivity contribution is 5.67. The van der Waals surface area contributed by atoms with Crippen molar-refractivity contribution in [2.24, 2.45) is 5.41 Å². The number of carbonyl (C=O) groups excluding carboxylic acids is 1. The van der Waals surface area contributed by atoms with Crippen LogP contribution in [0.3, 0.4) is 0 Å². The molecule has 0 fully saturated rings. The van der Waals surface area contributed by atoms with Crippen molar-refractivity contribution < 1.29 is 9.53 Å². The lowest BCUT2D eigenvalue weighted by atomic mass is 9.80. The molecule has 0 radical (unpaired) electrons. The number of rotatable bonds is 5. The quantitative estimate of drug-likeness (QED) is 0.780. The summed E-state index contributed by atoms with van der Waals surface area (Å²) < 4.78 is 5.22. The van der Waals surface area contributed by atoms with Crippen LogP contribution < -0.4 is 5.32 Å². The van der Waals surface area contributed by atoms with Crippen molar-refractivity contribution >= 4 is 6.09 Å². The second kappa shape index (κ2) is 6.12. The van der Waals surface area contributed by atoms with E-state index in [9.17, 15) is 4.79 Å². The number of hydrogen-bond acceptors (Lipinski definition) is 2. The molecule has 16 heavy (non-hydrogen) atoms. The van der Waals surface area contributed by atoms with Gasteiger partial charge in [-0.25, -0.2) is 4.79 Å². The smallest absolute Gasteiger partial charge is 0.407 e. The lowest BCUT2D eigenvalue weighted by Crippen LogP contribution is -2.39. The Hall–Kier alpha value is -0.730. The maximum absolute atomic E-state index is 11.5. The highest BCUT2D eigenvalue weighted by Crippen LogP contribution is 2.29. The van der Waals surface area contributed by atoms with Gasteiger partial charge in [-0.1, -0.05) is 20.8 Å². The molecule has 0 spiro atoms. The zero-order valence-electron chi connectivity index (χ0n) is 11.6. The molecule has 0 bridgehead atoms. The van der Waals surface area contributed by atoms with Gasteiger partial charge in [-0.2, -0.15) is 0 Å². The van der Waals surface area contributed by atoms with Crippen LogP contribution in [0.15, 0.2) is 0 Å². The maximum Gasteiger partial charge on any atom is 0.407 e. The molecule has 0 atom stereocenters. The highest BCUT2D eigenvalue weighted by Gasteiger charge is 2.25. The third-order valence-electron chi connectivity index (χ3n) is 3.26. The third-order valence-corrected chi connectivity index (χ3v) is 3.26. The number of alkyl carbamates (subject to hydrolysis) is 1. The SMILES string of the molecule is CCC(CC)(CC)CNC(=O)OC(C)(C)C. The van der Waals surface area contributed by atoms with E-state index < -0.39 is 5.60 Å². The van der Waals surface area contributed by atoms with Crippen LogP contribution in [0.2, 0.25) is 0 Å². The van der Waals surface area contributed by atoms with E-state index in [1.54, 1.807) is 0 Å². The first-order chi connectivity index (χ1) is 7.28. The number of nitrogens with one attached hydrogen (secondary N) is 1. The molecule has 0 heterocycles. The van der Waals surface area contributed by atoms with Gasteiger partial charge in [0.1, 0.15) is 5.60 Å². The molecule has 0 aliphatic rings. The van der Waals surface area contributed by atoms with Crippen molar-refractivity contribution in [1.29, 1.82) is 0 Å². The van der Waals surface area contributed by atoms with Gasteiger partial charge in [0.2, 0.25) is 0 Å². The Balaban J connectivity index is 4.17. The molecule has 3 heteroatoms. The van der Waals surface area contributed by atoms with Crippen molar-refractivity contribution in [1.82, 2.24) is 5.32 Å². The van der Waals surface area contributed by atoms with Gasteiger partial charge in [0.05, 0.1) is 0 Å². The van der Waals surface area contributed by atoms with E-state index in [1.165, 1.54) is 0 Å². The van der Waals surface area contributed by atoms with Crippen LogP contribution in [0.4, 0.5) is 4.79 Å². The summed E-state index contributed by atoms with van der Waals surface area (Å²) >= 11 is 0. The van der Waals surface area contributed by atoms with Gasteiger partial charge in [-0.05, 0) is 45.4 Å². The van der Waals surface area contributed by atoms with Gasteiger partial charge in [0.15, 0.2) is 0 Å². The molecule has 0 aromatic rings. The van der Waals surface area contributed by atoms with Crippen molar-refractivity contribution in [2.75, 3.05) is 6.54 Å². The molecule has 0 aromatic carbocycles. The lowest BCUT2D eigenvalue weighted by Gasteiger charge is -2.31. The number of amides is 1. The molecule has 1 N–H and O–H groups in total. The van der Waals surface area contributed by atoms with Crippen LogP contribution in [-0.4, -0.2) is 18.2 Å². The lowest BCUT2D eigenvalue weighted by molar-refractivity contribution is 0.0494. The van der Waals surface area contributed by atoms with Gasteiger partial charge in [-0.3, -0.25) is 0 Å². The van der Waals surface area contributed by atoms with Crippen LogP contribution in [0.5, 0.6) is 0 Å². The first-order valence-corrected chi connectivity index (χ1v) is 6.25. The predicted molar refractivity (Wildman–Crippen MR) is 67.5 cm³/mol. The Morgan fingerprint density at radius 3 is 1.81 bits per heavy atom. The normalized spacial score (nSPS) is 12.4. The van der Waals surface area contributed by atoms with Gasteiger partial charge >= 0.3 is 6.09 Å². The van der Waals surface area contributed by atoms with E-state index in [0.717, 1.165) is 19.3 Å². The standard InChI is InChI=1S/C13H27NO2/c1-7-13(8-2,9-3)10-14-11(15)16-12(4,5)6/h7-10H2,1-6H3,(H,14,15). The first-order valence-electron chi connectivity index (χ1n) is 6.25. The minimum Gasteiger partial charge on any atom is -0.444 e. The Labute approximate surface area is 99.9 Å². The van der Waals surface area contributed by atoms with E-state index in [-0.39, 0.29) is 11.5 Å². The maximum atomic E-state index is 11.5. The van der Waals surface area contributed by atoms with Crippen molar-refractivity contribution in [3.05, 3.63) is 0 Å². The van der Waals surface area contributed by atoms with Gasteiger partial charge in [0.25, 0.3) is 0 Å². The highest BCUT2D eigenvalue weighted by atomic mass is 16.6. The molecule has 0 aromatic heterocycles. The summed E-state index contributed by atoms with van der Waals surface area (Å²) in [7, 11) is 0. The van der Waals surface area contributed by atoms with E-state index in [1.807, 2.05) is 20.8 Å². The molecule has 1 amide bonds. The molecule has 0 aliphatic heterocycles. The fraction of sp³-hybridized carbons (Fsp3) is 0.923. The summed E-state index contributed by atoms with van der Waals surface area (Å²) in [5.41, 5.74) is -0.200. The molecule has 0 saturated heterocycles. The van der Waals surface area contributed by atoms with E-state index in [2.05, 4.69) is 26.1 Å². The summed E-state index contributed by atoms with van der Waals surface area (Å²) in [4.78, 5) is 11.5. The van der Waals surface area contributed by atoms with Crippen LogP contribution in [-0.2, 0) is 4.74 Å². The molecule has 3 nitrogen and oxygen atoms in total. The van der Waals surface area contributed by atoms with Gasteiger partial charge in [0, 0.05) is 6.54 Å². The van der Waals surface area contributed by atoms with Crippen molar-refractivity contribution in [3.8, 4) is 0 Å². The molecule has 0 aliphatic carbocycles. The number of hydrogen-bond donors (Lipinski definition) is 1. The monoisotopic (exact) mass is 229 g/mol. The van der Waals surface area contributed by atoms with Crippen molar-refractivity contribution in [3.63, 3.8) is 0 Å². The van der Waals surface area contributed by atoms with Crippen LogP contribution in [0.25, 0.3) is 0 Å². The Morgan fingerprint density at radius 1 is 1.06 bits per heavy atom. The molecule has 0 unspecified atom stereocenters. The molecular formula is C13H27NO2. The van der Waals surface area contributed by atoms with E-state index >= 15 is 0 Å². The average molecular weight is 229 g/mol. The largest absolute Gasteiger partial charge is 0.444 e. The minimum atomic E-state index is -0.419. The van der Waals surface area contributed by atoms with Gasteiger partial charge < -0.3 is 10.1 Å². The zero-order chi connectivity index (χ0) is 12.8. The summed E-state index contributed by atoms with van der Waals surface area (Å²) in [6, 6.07) is 0. The second-order valence-electron chi connectivity index (χ2n) is 5.42. The Kier molecular flexibility index (Phi) is 5.84. The fourth-order valence-corrected chi connectivity index (χ4v) is 1.70. The fourth-order valence-electron chi connectivity index (χ4n) is 1.70. The summed E-state index contributed by atoms with van der Waals surface area (Å²) in [5, 5.41) is 2.87. The third kappa shape index (κ3) is 5.38. The minimum absolute atomic E-state index is 0.219. The summed E-state index contributed by atoms with van der Waals surface area (Å²) in [6.07, 6.45) is 2.92. The zero-order valence-corrected chi connectivity index (χ0v) is 11.6. The Bertz CT molecular complexity index is 206. The number of ether oxygens (including phenoxy) is 1. The summed E-state index contributed by atoms with van der Waals surface area (Å²) in [5.74, 6) is 0. The van der Waals surface area contributed by atoms with Crippen molar-refractivity contribution in [2.45, 2.75) is 66.4 Å². The predicted octanol–water partition coefficient (Wildman–Crippen LogP) is 3.73. The molecule has 0 saturated carbocycles. The summed E-state index contributed by atoms with van der Waals surface area (Å²) in [6.45, 7) is 12.8. The van der Waals surface area contributed by atoms with Crippen LogP contribution >= 0.6 is 0 Å². The Morgan fingerprint density at radius 2 is 1.50 bits per heavy atom. The van der Waals surface area contributed by atoms with Crippen LogP contribution in [0.1, 0.15) is 60.8 Å². The molecule has 96 valence electrons. The topological polar surface area (TPSA) is 38.3 Å². The van der Waals surface area contributed by atoms with E-state index in [4.69, 9.17) is 4.74 Å². The number of carbonyl (C=O) groups is 1. The molecular weight excluding hydrogens is 202 g/mol. The van der Waals surface area contributed by atoms with Gasteiger partial charge in [-0.15, -0.1) is 0 Å². The molecule has 0 rings (SSSR count). The second-order valence-corrected chi connectivity index (χ2v) is 5.42. The first kappa shape index (κ1) is 15.3. The van der Waals surface area contributed by atoms with E-state index in [0.29, 0.717) is 6.54 Å². The van der Waals surface area contributed by atoms with Crippen LogP contribution in [0, 0.1) is 5.41 Å².